The van der Waals surface area contributed by atoms with E-state index in [9.17, 15) is 14.7 Å². The lowest BCUT2D eigenvalue weighted by atomic mass is 9.95. The summed E-state index contributed by atoms with van der Waals surface area (Å²) in [6, 6.07) is 3.33. The molecular formula is C22H34N2O5. The van der Waals surface area contributed by atoms with E-state index < -0.39 is 23.7 Å². The Bertz CT molecular complexity index is 684. The summed E-state index contributed by atoms with van der Waals surface area (Å²) in [5.41, 5.74) is 3.13. The Morgan fingerprint density at radius 2 is 1.93 bits per heavy atom. The predicted octanol–water partition coefficient (Wildman–Crippen LogP) is 3.67. The number of aryl methyl sites for hydroxylation is 3. The second-order valence-electron chi connectivity index (χ2n) is 8.51. The van der Waals surface area contributed by atoms with Gasteiger partial charge in [-0.15, -0.1) is 0 Å². The lowest BCUT2D eigenvalue weighted by Crippen LogP contribution is -2.44. The summed E-state index contributed by atoms with van der Waals surface area (Å²) in [6.45, 7) is 6.01. The Balaban J connectivity index is 1.60. The third kappa shape index (κ3) is 8.81. The highest BCUT2D eigenvalue weighted by Crippen LogP contribution is 2.20. The van der Waals surface area contributed by atoms with E-state index in [2.05, 4.69) is 17.4 Å². The van der Waals surface area contributed by atoms with Gasteiger partial charge in [0.1, 0.15) is 11.6 Å². The van der Waals surface area contributed by atoms with Gasteiger partial charge in [0, 0.05) is 31.0 Å². The number of hydrogen-bond donors (Lipinski definition) is 2. The Labute approximate surface area is 173 Å². The molecule has 0 fully saturated rings. The number of unbranched alkanes of at least 4 members (excludes halogenated alkanes) is 1. The minimum atomic E-state index is -1.10. The molecule has 29 heavy (non-hydrogen) atoms. The largest absolute Gasteiger partial charge is 0.480 e. The van der Waals surface area contributed by atoms with Crippen LogP contribution < -0.4 is 5.32 Å². The molecule has 2 rings (SSSR count). The van der Waals surface area contributed by atoms with Gasteiger partial charge < -0.3 is 19.9 Å². The summed E-state index contributed by atoms with van der Waals surface area (Å²) in [4.78, 5) is 27.8. The highest BCUT2D eigenvalue weighted by molar-refractivity contribution is 5.79. The van der Waals surface area contributed by atoms with E-state index in [1.165, 1.54) is 24.1 Å². The molecule has 162 valence electrons. The molecule has 1 atom stereocenters. The summed E-state index contributed by atoms with van der Waals surface area (Å²) >= 11 is 0. The molecule has 0 aromatic carbocycles. The lowest BCUT2D eigenvalue weighted by Gasteiger charge is -2.22. The first-order valence-electron chi connectivity index (χ1n) is 10.5. The number of hydrogen-bond acceptors (Lipinski definition) is 5. The molecule has 0 unspecified atom stereocenters. The van der Waals surface area contributed by atoms with Crippen LogP contribution in [0.1, 0.15) is 69.8 Å². The minimum absolute atomic E-state index is 0.195. The zero-order valence-corrected chi connectivity index (χ0v) is 17.8. The molecule has 1 aromatic heterocycles. The number of nitrogens with one attached hydrogen (secondary N) is 1. The van der Waals surface area contributed by atoms with Gasteiger partial charge in [-0.3, -0.25) is 4.98 Å². The van der Waals surface area contributed by atoms with Crippen LogP contribution in [0.15, 0.2) is 12.1 Å². The SMILES string of the molecule is CC(C)(C)OC(=O)N[C@H](CCOCCCCc1ccc2c(n1)CCCC2)C(=O)O. The van der Waals surface area contributed by atoms with Crippen molar-refractivity contribution in [1.29, 1.82) is 0 Å². The van der Waals surface area contributed by atoms with Crippen molar-refractivity contribution in [2.24, 2.45) is 0 Å². The van der Waals surface area contributed by atoms with E-state index in [0.717, 1.165) is 37.8 Å². The molecule has 0 spiro atoms. The zero-order valence-electron chi connectivity index (χ0n) is 17.8. The molecule has 1 aliphatic rings. The zero-order chi connectivity index (χ0) is 21.3. The van der Waals surface area contributed by atoms with E-state index >= 15 is 0 Å². The highest BCUT2D eigenvalue weighted by Gasteiger charge is 2.23. The van der Waals surface area contributed by atoms with Crippen molar-refractivity contribution in [3.8, 4) is 0 Å². The molecule has 0 bridgehead atoms. The number of aliphatic carboxylic acids is 1. The number of fused-ring (bicyclic) bond motifs is 1. The molecule has 0 saturated heterocycles. The van der Waals surface area contributed by atoms with E-state index in [0.29, 0.717) is 6.61 Å². The average molecular weight is 407 g/mol. The predicted molar refractivity (Wildman–Crippen MR) is 110 cm³/mol. The van der Waals surface area contributed by atoms with Crippen LogP contribution in [-0.4, -0.2) is 47.0 Å². The molecule has 0 saturated carbocycles. The quantitative estimate of drug-likeness (QED) is 0.576. The Morgan fingerprint density at radius 3 is 2.66 bits per heavy atom. The van der Waals surface area contributed by atoms with Gasteiger partial charge in [-0.05, 0) is 77.3 Å². The maximum Gasteiger partial charge on any atom is 0.408 e. The normalized spacial score (nSPS) is 14.7. The summed E-state index contributed by atoms with van der Waals surface area (Å²) in [5.74, 6) is -1.10. The fourth-order valence-electron chi connectivity index (χ4n) is 3.29. The monoisotopic (exact) mass is 406 g/mol. The second-order valence-corrected chi connectivity index (χ2v) is 8.51. The number of aromatic nitrogens is 1. The standard InChI is InChI=1S/C22H34N2O5/c1-22(2,3)29-21(27)24-19(20(25)26)13-15-28-14-7-6-9-17-12-11-16-8-4-5-10-18(16)23-17/h11-12,19H,4-10,13-15H2,1-3H3,(H,24,27)(H,25,26)/t19-/m1/s1. The van der Waals surface area contributed by atoms with Gasteiger partial charge in [-0.25, -0.2) is 9.59 Å². The first-order valence-corrected chi connectivity index (χ1v) is 10.5. The van der Waals surface area contributed by atoms with Gasteiger partial charge in [0.15, 0.2) is 0 Å². The maximum absolute atomic E-state index is 11.7. The fraction of sp³-hybridized carbons (Fsp3) is 0.682. The van der Waals surface area contributed by atoms with E-state index in [1.807, 2.05) is 0 Å². The van der Waals surface area contributed by atoms with Gasteiger partial charge in [-0.1, -0.05) is 6.07 Å². The average Bonchev–Trinajstić information content (AvgIpc) is 2.64. The Kier molecular flexibility index (Phi) is 8.89. The van der Waals surface area contributed by atoms with Crippen LogP contribution in [0.2, 0.25) is 0 Å². The molecule has 0 aliphatic heterocycles. The van der Waals surface area contributed by atoms with Crippen LogP contribution in [-0.2, 0) is 33.5 Å². The number of carboxylic acids is 1. The van der Waals surface area contributed by atoms with Gasteiger partial charge in [0.25, 0.3) is 0 Å². The Hall–Kier alpha value is -2.15. The minimum Gasteiger partial charge on any atom is -0.480 e. The summed E-state index contributed by atoms with van der Waals surface area (Å²) in [5, 5.41) is 11.6. The van der Waals surface area contributed by atoms with Crippen molar-refractivity contribution in [1.82, 2.24) is 10.3 Å². The summed E-state index contributed by atoms with van der Waals surface area (Å²) in [6.07, 6.45) is 6.99. The molecule has 1 amide bonds. The van der Waals surface area contributed by atoms with Crippen molar-refractivity contribution in [3.05, 3.63) is 29.1 Å². The maximum atomic E-state index is 11.7. The number of amides is 1. The van der Waals surface area contributed by atoms with E-state index in [-0.39, 0.29) is 13.0 Å². The number of carbonyl (C=O) groups excluding carboxylic acids is 1. The third-order valence-electron chi connectivity index (χ3n) is 4.75. The van der Waals surface area contributed by atoms with Crippen molar-refractivity contribution in [2.75, 3.05) is 13.2 Å². The lowest BCUT2D eigenvalue weighted by molar-refractivity contribution is -0.140. The molecule has 0 radical (unpaired) electrons. The summed E-state index contributed by atoms with van der Waals surface area (Å²) < 4.78 is 10.6. The number of pyridine rings is 1. The molecule has 1 aliphatic carbocycles. The van der Waals surface area contributed by atoms with Gasteiger partial charge in [0.2, 0.25) is 0 Å². The van der Waals surface area contributed by atoms with Crippen LogP contribution in [0.4, 0.5) is 4.79 Å². The summed E-state index contributed by atoms with van der Waals surface area (Å²) in [7, 11) is 0. The second kappa shape index (κ2) is 11.1. The molecule has 1 aromatic rings. The number of carboxylic acid groups (broad SMARTS) is 1. The van der Waals surface area contributed by atoms with Crippen LogP contribution in [0, 0.1) is 0 Å². The van der Waals surface area contributed by atoms with Crippen LogP contribution in [0.5, 0.6) is 0 Å². The van der Waals surface area contributed by atoms with E-state index in [1.54, 1.807) is 20.8 Å². The smallest absolute Gasteiger partial charge is 0.408 e. The number of ether oxygens (including phenoxy) is 2. The first-order chi connectivity index (χ1) is 13.7. The fourth-order valence-corrected chi connectivity index (χ4v) is 3.29. The van der Waals surface area contributed by atoms with Crippen molar-refractivity contribution in [2.45, 2.75) is 83.8 Å². The number of rotatable bonds is 10. The van der Waals surface area contributed by atoms with Crippen molar-refractivity contribution in [3.63, 3.8) is 0 Å². The highest BCUT2D eigenvalue weighted by atomic mass is 16.6. The topological polar surface area (TPSA) is 97.8 Å². The number of nitrogens with zero attached hydrogens (tertiary/aromatic N) is 1. The van der Waals surface area contributed by atoms with Gasteiger partial charge >= 0.3 is 12.1 Å². The first kappa shape index (κ1) is 23.1. The molecule has 7 nitrogen and oxygen atoms in total. The molecule has 7 heteroatoms. The van der Waals surface area contributed by atoms with E-state index in [4.69, 9.17) is 14.5 Å². The molecule has 2 N–H and O–H groups in total. The van der Waals surface area contributed by atoms with Crippen molar-refractivity contribution >= 4 is 12.1 Å². The number of alkyl carbamates (subject to hydrolysis) is 1. The van der Waals surface area contributed by atoms with Crippen LogP contribution >= 0.6 is 0 Å². The van der Waals surface area contributed by atoms with Crippen LogP contribution in [0.25, 0.3) is 0 Å². The van der Waals surface area contributed by atoms with Gasteiger partial charge in [0.05, 0.1) is 0 Å². The molecular weight excluding hydrogens is 372 g/mol. The van der Waals surface area contributed by atoms with Crippen LogP contribution in [0.3, 0.4) is 0 Å². The van der Waals surface area contributed by atoms with Gasteiger partial charge in [-0.2, -0.15) is 0 Å². The Morgan fingerprint density at radius 1 is 1.17 bits per heavy atom. The third-order valence-corrected chi connectivity index (χ3v) is 4.75. The molecule has 1 heterocycles. The number of carbonyl (C=O) groups is 2. The van der Waals surface area contributed by atoms with Crippen molar-refractivity contribution < 1.29 is 24.2 Å².